The van der Waals surface area contributed by atoms with Gasteiger partial charge in [-0.25, -0.2) is 18.1 Å². The van der Waals surface area contributed by atoms with Crippen LogP contribution < -0.4 is 10.5 Å². The number of nitrogens with zero attached hydrogens (tertiary/aromatic N) is 1. The van der Waals surface area contributed by atoms with Crippen LogP contribution in [0, 0.1) is 0 Å². The predicted molar refractivity (Wildman–Crippen MR) is 85.9 cm³/mol. The van der Waals surface area contributed by atoms with E-state index in [1.54, 1.807) is 18.3 Å². The number of hydrogen-bond donors (Lipinski definition) is 2. The third-order valence-corrected chi connectivity index (χ3v) is 5.69. The Bertz CT molecular complexity index is 697. The topological polar surface area (TPSA) is 85.1 Å². The molecule has 0 aliphatic heterocycles. The highest BCUT2D eigenvalue weighted by molar-refractivity contribution is 7.89. The van der Waals surface area contributed by atoms with Crippen molar-refractivity contribution in [2.75, 3.05) is 12.3 Å². The van der Waals surface area contributed by atoms with Gasteiger partial charge in [0, 0.05) is 29.7 Å². The summed E-state index contributed by atoms with van der Waals surface area (Å²) in [6.45, 7) is 4.23. The Morgan fingerprint density at radius 1 is 1.43 bits per heavy atom. The van der Waals surface area contributed by atoms with Gasteiger partial charge in [-0.15, -0.1) is 11.3 Å². The first-order valence-corrected chi connectivity index (χ1v) is 9.07. The highest BCUT2D eigenvalue weighted by Gasteiger charge is 2.17. The second kappa shape index (κ2) is 6.55. The van der Waals surface area contributed by atoms with Gasteiger partial charge >= 0.3 is 0 Å². The molecule has 1 aromatic carbocycles. The predicted octanol–water partition coefficient (Wildman–Crippen LogP) is 2.37. The molecule has 0 saturated carbocycles. The van der Waals surface area contributed by atoms with E-state index in [4.69, 9.17) is 5.73 Å². The standard InChI is InChI=1S/C14H19N3O2S2/c1-3-11-4-5-12(8-13(11)15)21(18,19)17-9-10(2)14-16-6-7-20-14/h4-8,10,17H,3,9,15H2,1-2H3. The van der Waals surface area contributed by atoms with Crippen LogP contribution in [0.1, 0.15) is 30.3 Å². The average molecular weight is 325 g/mol. The smallest absolute Gasteiger partial charge is 0.240 e. The van der Waals surface area contributed by atoms with E-state index in [2.05, 4.69) is 9.71 Å². The Morgan fingerprint density at radius 2 is 2.19 bits per heavy atom. The number of nitrogen functional groups attached to an aromatic ring is 1. The average Bonchev–Trinajstić information content (AvgIpc) is 2.99. The van der Waals surface area contributed by atoms with Gasteiger partial charge < -0.3 is 5.73 Å². The molecular formula is C14H19N3O2S2. The second-order valence-corrected chi connectivity index (χ2v) is 7.53. The molecule has 0 aliphatic carbocycles. The van der Waals surface area contributed by atoms with Gasteiger partial charge in [-0.1, -0.05) is 19.9 Å². The fourth-order valence-electron chi connectivity index (χ4n) is 1.95. The van der Waals surface area contributed by atoms with Crippen molar-refractivity contribution in [2.24, 2.45) is 0 Å². The lowest BCUT2D eigenvalue weighted by molar-refractivity contribution is 0.574. The van der Waals surface area contributed by atoms with E-state index >= 15 is 0 Å². The van der Waals surface area contributed by atoms with E-state index in [1.165, 1.54) is 17.4 Å². The van der Waals surface area contributed by atoms with Crippen LogP contribution in [0.5, 0.6) is 0 Å². The molecule has 0 spiro atoms. The zero-order valence-electron chi connectivity index (χ0n) is 12.0. The molecule has 7 heteroatoms. The van der Waals surface area contributed by atoms with Crippen molar-refractivity contribution < 1.29 is 8.42 Å². The Labute approximate surface area is 129 Å². The van der Waals surface area contributed by atoms with Gasteiger partial charge in [0.15, 0.2) is 0 Å². The lowest BCUT2D eigenvalue weighted by atomic mass is 10.1. The first kappa shape index (κ1) is 15.9. The number of hydrogen-bond acceptors (Lipinski definition) is 5. The number of aromatic nitrogens is 1. The van der Waals surface area contributed by atoms with Crippen molar-refractivity contribution in [2.45, 2.75) is 31.1 Å². The maximum Gasteiger partial charge on any atom is 0.240 e. The summed E-state index contributed by atoms with van der Waals surface area (Å²) in [6.07, 6.45) is 2.50. The van der Waals surface area contributed by atoms with Crippen LogP contribution in [0.4, 0.5) is 5.69 Å². The van der Waals surface area contributed by atoms with E-state index in [1.807, 2.05) is 19.2 Å². The molecular weight excluding hydrogens is 306 g/mol. The summed E-state index contributed by atoms with van der Waals surface area (Å²) in [4.78, 5) is 4.39. The number of nitrogens with two attached hydrogens (primary N) is 1. The van der Waals surface area contributed by atoms with Gasteiger partial charge in [-0.05, 0) is 24.1 Å². The van der Waals surface area contributed by atoms with Gasteiger partial charge in [-0.3, -0.25) is 0 Å². The molecule has 0 saturated heterocycles. The monoisotopic (exact) mass is 325 g/mol. The van der Waals surface area contributed by atoms with Gasteiger partial charge in [-0.2, -0.15) is 0 Å². The van der Waals surface area contributed by atoms with Crippen LogP contribution in [0.3, 0.4) is 0 Å². The number of anilines is 1. The zero-order chi connectivity index (χ0) is 15.5. The van der Waals surface area contributed by atoms with Crippen LogP contribution in [0.2, 0.25) is 0 Å². The molecule has 114 valence electrons. The molecule has 0 fully saturated rings. The molecule has 1 aromatic heterocycles. The molecule has 1 heterocycles. The summed E-state index contributed by atoms with van der Waals surface area (Å²) in [5, 5.41) is 2.79. The van der Waals surface area contributed by atoms with Crippen LogP contribution >= 0.6 is 11.3 Å². The van der Waals surface area contributed by atoms with E-state index in [9.17, 15) is 8.42 Å². The Morgan fingerprint density at radius 3 is 2.76 bits per heavy atom. The molecule has 0 aliphatic rings. The van der Waals surface area contributed by atoms with Gasteiger partial charge in [0.1, 0.15) is 0 Å². The quantitative estimate of drug-likeness (QED) is 0.799. The normalized spacial score (nSPS) is 13.2. The van der Waals surface area contributed by atoms with Gasteiger partial charge in [0.25, 0.3) is 0 Å². The van der Waals surface area contributed by atoms with Crippen molar-refractivity contribution in [1.29, 1.82) is 0 Å². The zero-order valence-corrected chi connectivity index (χ0v) is 13.7. The SMILES string of the molecule is CCc1ccc(S(=O)(=O)NCC(C)c2nccs2)cc1N. The first-order valence-electron chi connectivity index (χ1n) is 6.71. The van der Waals surface area contributed by atoms with Gasteiger partial charge in [0.05, 0.1) is 9.90 Å². The van der Waals surface area contributed by atoms with Crippen molar-refractivity contribution >= 4 is 27.0 Å². The maximum atomic E-state index is 12.3. The third kappa shape index (κ3) is 3.81. The summed E-state index contributed by atoms with van der Waals surface area (Å²) in [7, 11) is -3.55. The Hall–Kier alpha value is -1.44. The molecule has 21 heavy (non-hydrogen) atoms. The minimum atomic E-state index is -3.55. The molecule has 5 nitrogen and oxygen atoms in total. The number of thiazole rings is 1. The van der Waals surface area contributed by atoms with Crippen molar-refractivity contribution in [3.63, 3.8) is 0 Å². The Balaban J connectivity index is 2.10. The first-order chi connectivity index (χ1) is 9.94. The van der Waals surface area contributed by atoms with E-state index in [0.717, 1.165) is 17.0 Å². The minimum Gasteiger partial charge on any atom is -0.398 e. The number of benzene rings is 1. The van der Waals surface area contributed by atoms with E-state index in [0.29, 0.717) is 12.2 Å². The maximum absolute atomic E-state index is 12.3. The minimum absolute atomic E-state index is 0.0343. The van der Waals surface area contributed by atoms with Crippen LogP contribution in [0.25, 0.3) is 0 Å². The molecule has 1 atom stereocenters. The summed E-state index contributed by atoms with van der Waals surface area (Å²) >= 11 is 1.52. The summed E-state index contributed by atoms with van der Waals surface area (Å²) < 4.78 is 27.2. The molecule has 0 bridgehead atoms. The molecule has 2 aromatic rings. The molecule has 3 N–H and O–H groups in total. The van der Waals surface area contributed by atoms with Crippen molar-refractivity contribution in [3.05, 3.63) is 40.3 Å². The summed E-state index contributed by atoms with van der Waals surface area (Å²) in [6, 6.07) is 4.86. The second-order valence-electron chi connectivity index (χ2n) is 4.84. The van der Waals surface area contributed by atoms with Crippen LogP contribution in [0.15, 0.2) is 34.7 Å². The number of rotatable bonds is 6. The third-order valence-electron chi connectivity index (χ3n) is 3.26. The molecule has 0 radical (unpaired) electrons. The summed E-state index contributed by atoms with van der Waals surface area (Å²) in [5.41, 5.74) is 7.32. The van der Waals surface area contributed by atoms with Crippen molar-refractivity contribution in [3.8, 4) is 0 Å². The largest absolute Gasteiger partial charge is 0.398 e. The van der Waals surface area contributed by atoms with Crippen molar-refractivity contribution in [1.82, 2.24) is 9.71 Å². The van der Waals surface area contributed by atoms with E-state index in [-0.39, 0.29) is 10.8 Å². The van der Waals surface area contributed by atoms with Gasteiger partial charge in [0.2, 0.25) is 10.0 Å². The molecule has 2 rings (SSSR count). The molecule has 1 unspecified atom stereocenters. The number of nitrogens with one attached hydrogen (secondary N) is 1. The van der Waals surface area contributed by atoms with Crippen LogP contribution in [-0.2, 0) is 16.4 Å². The highest BCUT2D eigenvalue weighted by Crippen LogP contribution is 2.20. The van der Waals surface area contributed by atoms with E-state index < -0.39 is 10.0 Å². The summed E-state index contributed by atoms with van der Waals surface area (Å²) in [5.74, 6) is 0.0343. The Kier molecular flexibility index (Phi) is 4.97. The highest BCUT2D eigenvalue weighted by atomic mass is 32.2. The number of aryl methyl sites for hydroxylation is 1. The fourth-order valence-corrected chi connectivity index (χ4v) is 3.81. The lowest BCUT2D eigenvalue weighted by Gasteiger charge is -2.12. The molecule has 0 amide bonds. The number of sulfonamides is 1. The van der Waals surface area contributed by atoms with Crippen LogP contribution in [-0.4, -0.2) is 19.9 Å². The fraction of sp³-hybridized carbons (Fsp3) is 0.357. The lowest BCUT2D eigenvalue weighted by Crippen LogP contribution is -2.27.